The van der Waals surface area contributed by atoms with Crippen molar-refractivity contribution in [3.8, 4) is 12.1 Å². The van der Waals surface area contributed by atoms with Gasteiger partial charge in [0.2, 0.25) is 0 Å². The van der Waals surface area contributed by atoms with Crippen LogP contribution < -0.4 is 16.0 Å². The van der Waals surface area contributed by atoms with Gasteiger partial charge in [-0.1, -0.05) is 36.4 Å². The summed E-state index contributed by atoms with van der Waals surface area (Å²) in [4.78, 5) is 24.3. The molecular weight excluding hydrogens is 318 g/mol. The summed E-state index contributed by atoms with van der Waals surface area (Å²) < 4.78 is 0. The number of para-hydroxylation sites is 2. The normalized spacial score (nSPS) is 12.1. The smallest absolute Gasteiger partial charge is 0.256 e. The van der Waals surface area contributed by atoms with E-state index in [-0.39, 0.29) is 0 Å². The van der Waals surface area contributed by atoms with Gasteiger partial charge in [0.1, 0.15) is 0 Å². The van der Waals surface area contributed by atoms with Crippen LogP contribution in [0.25, 0.3) is 0 Å². The van der Waals surface area contributed by atoms with Crippen molar-refractivity contribution in [3.05, 3.63) is 60.7 Å². The molecule has 0 aliphatic heterocycles. The van der Waals surface area contributed by atoms with Crippen molar-refractivity contribution >= 4 is 23.2 Å². The number of carbonyl (C=O) groups excluding carboxylic acids is 2. The van der Waals surface area contributed by atoms with Crippen LogP contribution in [-0.2, 0) is 9.59 Å². The van der Waals surface area contributed by atoms with Crippen LogP contribution in [0.15, 0.2) is 60.7 Å². The maximum atomic E-state index is 12.1. The van der Waals surface area contributed by atoms with Gasteiger partial charge in [0.25, 0.3) is 11.8 Å². The first-order chi connectivity index (χ1) is 12.1. The van der Waals surface area contributed by atoms with Crippen LogP contribution in [0.4, 0.5) is 11.4 Å². The van der Waals surface area contributed by atoms with Crippen LogP contribution in [0.2, 0.25) is 0 Å². The summed E-state index contributed by atoms with van der Waals surface area (Å²) in [6.45, 7) is 0. The van der Waals surface area contributed by atoms with Crippen molar-refractivity contribution in [1.82, 2.24) is 5.32 Å². The number of nitrogens with one attached hydrogen (secondary N) is 3. The zero-order valence-electron chi connectivity index (χ0n) is 13.1. The molecule has 25 heavy (non-hydrogen) atoms. The van der Waals surface area contributed by atoms with Gasteiger partial charge < -0.3 is 10.6 Å². The van der Waals surface area contributed by atoms with Crippen molar-refractivity contribution in [2.75, 3.05) is 10.6 Å². The van der Waals surface area contributed by atoms with Gasteiger partial charge in [-0.15, -0.1) is 0 Å². The Bertz CT molecular complexity index is 739. The number of nitrogens with zero attached hydrogens (tertiary/aromatic N) is 2. The Labute approximate surface area is 144 Å². The van der Waals surface area contributed by atoms with Crippen LogP contribution in [-0.4, -0.2) is 23.9 Å². The molecule has 2 aromatic rings. The lowest BCUT2D eigenvalue weighted by molar-refractivity contribution is -0.118. The number of carbonyl (C=O) groups is 2. The molecule has 3 N–H and O–H groups in total. The minimum absolute atomic E-state index is 0.511. The molecule has 2 rings (SSSR count). The summed E-state index contributed by atoms with van der Waals surface area (Å²) in [5.41, 5.74) is 1.02. The third kappa shape index (κ3) is 5.17. The summed E-state index contributed by atoms with van der Waals surface area (Å²) >= 11 is 0. The zero-order valence-corrected chi connectivity index (χ0v) is 13.1. The average molecular weight is 333 g/mol. The van der Waals surface area contributed by atoms with Crippen molar-refractivity contribution in [1.29, 1.82) is 10.5 Å². The highest BCUT2D eigenvalue weighted by atomic mass is 16.2. The van der Waals surface area contributed by atoms with E-state index in [1.807, 2.05) is 0 Å². The molecule has 7 heteroatoms. The Balaban J connectivity index is 2.00. The van der Waals surface area contributed by atoms with E-state index in [2.05, 4.69) is 16.0 Å². The van der Waals surface area contributed by atoms with Crippen LogP contribution in [0.1, 0.15) is 0 Å². The molecule has 0 heterocycles. The predicted octanol–water partition coefficient (Wildman–Crippen LogP) is 1.64. The minimum Gasteiger partial charge on any atom is -0.324 e. The van der Waals surface area contributed by atoms with Gasteiger partial charge >= 0.3 is 0 Å². The van der Waals surface area contributed by atoms with Gasteiger partial charge in [-0.2, -0.15) is 10.5 Å². The summed E-state index contributed by atoms with van der Waals surface area (Å²) in [5.74, 6) is -1.30. The molecular formula is C18H15N5O2. The van der Waals surface area contributed by atoms with E-state index in [0.717, 1.165) is 0 Å². The van der Waals surface area contributed by atoms with Gasteiger partial charge in [-0.3, -0.25) is 14.9 Å². The van der Waals surface area contributed by atoms with E-state index in [1.165, 1.54) is 0 Å². The Kier molecular flexibility index (Phi) is 6.24. The van der Waals surface area contributed by atoms with E-state index in [9.17, 15) is 20.1 Å². The Morgan fingerprint density at radius 2 is 1.08 bits per heavy atom. The molecule has 0 saturated heterocycles. The molecule has 124 valence electrons. The topological polar surface area (TPSA) is 118 Å². The van der Waals surface area contributed by atoms with Crippen molar-refractivity contribution in [2.45, 2.75) is 12.1 Å². The molecule has 0 aliphatic rings. The van der Waals surface area contributed by atoms with Crippen molar-refractivity contribution < 1.29 is 9.59 Å². The maximum Gasteiger partial charge on any atom is 0.256 e. The molecule has 0 spiro atoms. The molecule has 2 aromatic carbocycles. The Hall–Kier alpha value is -3.68. The molecule has 0 radical (unpaired) electrons. The fraction of sp³-hybridized carbons (Fsp3) is 0.111. The lowest BCUT2D eigenvalue weighted by Crippen LogP contribution is -2.49. The van der Waals surface area contributed by atoms with Crippen molar-refractivity contribution in [3.63, 3.8) is 0 Å². The van der Waals surface area contributed by atoms with Crippen molar-refractivity contribution in [2.24, 2.45) is 0 Å². The van der Waals surface area contributed by atoms with Gasteiger partial charge in [0.15, 0.2) is 12.1 Å². The monoisotopic (exact) mass is 333 g/mol. The highest BCUT2D eigenvalue weighted by Gasteiger charge is 2.26. The molecule has 0 aromatic heterocycles. The van der Waals surface area contributed by atoms with E-state index < -0.39 is 23.9 Å². The number of nitriles is 2. The molecule has 7 nitrogen and oxygen atoms in total. The summed E-state index contributed by atoms with van der Waals surface area (Å²) in [6.07, 6.45) is 0. The third-order valence-corrected chi connectivity index (χ3v) is 3.20. The molecule has 0 saturated carbocycles. The van der Waals surface area contributed by atoms with E-state index in [4.69, 9.17) is 0 Å². The number of amides is 2. The number of hydrogen-bond donors (Lipinski definition) is 3. The summed E-state index contributed by atoms with van der Waals surface area (Å²) in [6, 6.07) is 17.9. The van der Waals surface area contributed by atoms with Crippen LogP contribution >= 0.6 is 0 Å². The molecule has 0 fully saturated rings. The fourth-order valence-electron chi connectivity index (χ4n) is 1.98. The lowest BCUT2D eigenvalue weighted by atomic mass is 10.2. The molecule has 0 bridgehead atoms. The standard InChI is InChI=1S/C18H15N5O2/c19-11-15(17(24)21-13-7-3-1-4-8-13)23-16(12-20)18(25)22-14-9-5-2-6-10-14/h1-10,15-16,23H,(H,21,24)(H,22,25). The number of rotatable bonds is 6. The molecule has 2 unspecified atom stereocenters. The number of hydrogen-bond acceptors (Lipinski definition) is 5. The second-order valence-corrected chi connectivity index (χ2v) is 5.00. The molecule has 0 aliphatic carbocycles. The molecule has 2 atom stereocenters. The highest BCUT2D eigenvalue weighted by molar-refractivity contribution is 5.99. The first kappa shape index (κ1) is 17.7. The van der Waals surface area contributed by atoms with Crippen LogP contribution in [0.5, 0.6) is 0 Å². The lowest BCUT2D eigenvalue weighted by Gasteiger charge is -2.16. The van der Waals surface area contributed by atoms with Gasteiger partial charge in [-0.05, 0) is 24.3 Å². The number of benzene rings is 2. The van der Waals surface area contributed by atoms with Gasteiger partial charge in [-0.25, -0.2) is 0 Å². The zero-order chi connectivity index (χ0) is 18.1. The second-order valence-electron chi connectivity index (χ2n) is 5.00. The van der Waals surface area contributed by atoms with E-state index >= 15 is 0 Å². The molecule has 2 amide bonds. The quantitative estimate of drug-likeness (QED) is 0.742. The maximum absolute atomic E-state index is 12.1. The SMILES string of the molecule is N#CC(NC(C#N)C(=O)Nc1ccccc1)C(=O)Nc1ccccc1. The predicted molar refractivity (Wildman–Crippen MR) is 92.1 cm³/mol. The van der Waals surface area contributed by atoms with Crippen LogP contribution in [0.3, 0.4) is 0 Å². The Morgan fingerprint density at radius 1 is 0.720 bits per heavy atom. The van der Waals surface area contributed by atoms with Gasteiger partial charge in [0.05, 0.1) is 12.1 Å². The largest absolute Gasteiger partial charge is 0.324 e. The number of anilines is 2. The first-order valence-electron chi connectivity index (χ1n) is 7.41. The summed E-state index contributed by atoms with van der Waals surface area (Å²) in [5, 5.41) is 25.9. The first-order valence-corrected chi connectivity index (χ1v) is 7.41. The third-order valence-electron chi connectivity index (χ3n) is 3.20. The average Bonchev–Trinajstić information content (AvgIpc) is 2.64. The van der Waals surface area contributed by atoms with Crippen LogP contribution in [0, 0.1) is 22.7 Å². The Morgan fingerprint density at radius 3 is 1.40 bits per heavy atom. The van der Waals surface area contributed by atoms with E-state index in [1.54, 1.807) is 72.8 Å². The fourth-order valence-corrected chi connectivity index (χ4v) is 1.98. The summed E-state index contributed by atoms with van der Waals surface area (Å²) in [7, 11) is 0. The highest BCUT2D eigenvalue weighted by Crippen LogP contribution is 2.07. The van der Waals surface area contributed by atoms with E-state index in [0.29, 0.717) is 11.4 Å². The van der Waals surface area contributed by atoms with Gasteiger partial charge in [0, 0.05) is 11.4 Å². The second kappa shape index (κ2) is 8.82. The minimum atomic E-state index is -1.36.